The van der Waals surface area contributed by atoms with Crippen molar-refractivity contribution < 1.29 is 14.2 Å². The highest BCUT2D eigenvalue weighted by Crippen LogP contribution is 2.31. The van der Waals surface area contributed by atoms with E-state index >= 15 is 0 Å². The van der Waals surface area contributed by atoms with Crippen LogP contribution in [0.2, 0.25) is 0 Å². The predicted molar refractivity (Wildman–Crippen MR) is 578 cm³/mol. The van der Waals surface area contributed by atoms with E-state index in [1.165, 1.54) is 190 Å². The van der Waals surface area contributed by atoms with Crippen molar-refractivity contribution in [3.8, 4) is 5.75 Å². The highest BCUT2D eigenvalue weighted by atomic mass is 16.5. The van der Waals surface area contributed by atoms with Crippen molar-refractivity contribution >= 4 is 28.7 Å². The Morgan fingerprint density at radius 2 is 0.715 bits per heavy atom. The van der Waals surface area contributed by atoms with Gasteiger partial charge in [0, 0.05) is 179 Å². The van der Waals surface area contributed by atoms with Gasteiger partial charge in [0.25, 0.3) is 0 Å². The van der Waals surface area contributed by atoms with Gasteiger partial charge in [-0.25, -0.2) is 9.97 Å². The van der Waals surface area contributed by atoms with Crippen molar-refractivity contribution in [2.45, 2.75) is 166 Å². The van der Waals surface area contributed by atoms with Crippen LogP contribution in [0, 0.1) is 69.2 Å². The number of likely N-dealkylation sites (N-methyl/N-ethyl adjacent to an activating group) is 2. The largest absolute Gasteiger partial charge is 0.497 e. The van der Waals surface area contributed by atoms with Crippen LogP contribution in [0.25, 0.3) is 0 Å². The lowest BCUT2D eigenvalue weighted by Crippen LogP contribution is -2.46. The van der Waals surface area contributed by atoms with Crippen LogP contribution in [-0.2, 0) is 9.47 Å². The molecule has 8 aliphatic rings. The minimum atomic E-state index is 0.624. The first-order chi connectivity index (χ1) is 66.4. The molecule has 0 saturated carbocycles. The third-order valence-electron chi connectivity index (χ3n) is 27.2. The molecule has 0 aliphatic carbocycles. The maximum absolute atomic E-state index is 5.30. The number of rotatable bonds is 17. The van der Waals surface area contributed by atoms with Gasteiger partial charge in [0.2, 0.25) is 0 Å². The van der Waals surface area contributed by atoms with E-state index in [4.69, 9.17) is 14.2 Å². The fraction of sp³-hybridized carbons (Fsp3) is 0.517. The standard InChI is InChI=1S/C15H23NO.C14H20N2.C14H21N.C13H22N4.C13H20N2.C11H17N3.C11H15NO.C10H16N4.C8H10O.C7H8/c1-13-3-5-14(6-4-13)15-7-9-16(10-8-15)11-12-17-2;1-3-8-15-9-11-16(12-10-15)14-6-4-13(2)5-7-14;1-3-15-10-8-14(9-11-15)13-6-4-12(2)5-7-13;1-11(2)16-5-4-6-17(8-7-16)13-10-14-12(3)9-15-13;1-3-14-8-10-15(11-9-14)13-6-4-12(2)5-7-13;1-9-7-13-11(8-12-9)10-3-5-14(2)6-4-10;1-10-2-4-11(5-3-10)12-6-8-13-9-7-12;1-9-7-12-10(8-11-9)14-5-3-13(2)4-6-14;1-7-3-5-8(9-2)6-4-7;1-7-5-3-2-4-6-7/h3-6,15H,7-12H2,1-2H3;3-7H,1,8-12H2,2H3;4-7,14H,3,8-11H2,1-2H3;9-11H,4-8H2,1-3H3;4-7H,3,8-11H2,1-2H3;7-8,10H,3-6H2,1-2H3;2-5H,6-9H2,1H3;7-8H,3-6H2,1-2H3;3-6H,1-2H3;2-6H,1H3. The summed E-state index contributed by atoms with van der Waals surface area (Å²) in [5, 5.41) is 0. The summed E-state index contributed by atoms with van der Waals surface area (Å²) in [6, 6.07) is 63.3. The third kappa shape index (κ3) is 41.5. The summed E-state index contributed by atoms with van der Waals surface area (Å²) >= 11 is 0. The molecule has 8 aliphatic heterocycles. The number of hydrogen-bond acceptors (Lipinski definition) is 21. The molecule has 8 fully saturated rings. The number of hydrogen-bond donors (Lipinski definition) is 0. The molecule has 11 heterocycles. The molecule has 3 aromatic heterocycles. The van der Waals surface area contributed by atoms with E-state index < -0.39 is 0 Å². The number of methoxy groups -OCH3 is 2. The smallest absolute Gasteiger partial charge is 0.147 e. The molecule has 0 amide bonds. The number of aryl methyl sites for hydroxylation is 10. The molecule has 137 heavy (non-hydrogen) atoms. The van der Waals surface area contributed by atoms with Gasteiger partial charge in [-0.1, -0.05) is 186 Å². The molecule has 744 valence electrons. The van der Waals surface area contributed by atoms with E-state index in [2.05, 4.69) is 319 Å². The van der Waals surface area contributed by atoms with Gasteiger partial charge in [0.05, 0.1) is 74.5 Å². The topological polar surface area (TPSA) is 144 Å². The predicted octanol–water partition coefficient (Wildman–Crippen LogP) is 20.1. The second-order valence-corrected chi connectivity index (χ2v) is 38.4. The molecular formula is C116H172N18O3. The van der Waals surface area contributed by atoms with Crippen molar-refractivity contribution in [1.82, 2.24) is 64.2 Å². The minimum absolute atomic E-state index is 0.624. The number of ether oxygens (including phenoxy) is 3. The molecule has 0 radical (unpaired) electrons. The number of morpholine rings is 1. The highest BCUT2D eigenvalue weighted by Gasteiger charge is 2.25. The Morgan fingerprint density at radius 1 is 0.350 bits per heavy atom. The number of likely N-dealkylation sites (tertiary alicyclic amines) is 3. The molecule has 7 aromatic carbocycles. The van der Waals surface area contributed by atoms with Crippen LogP contribution < -0.4 is 29.2 Å². The Bertz CT molecular complexity index is 4640. The molecule has 18 rings (SSSR count). The first-order valence-corrected chi connectivity index (χ1v) is 51.2. The summed E-state index contributed by atoms with van der Waals surface area (Å²) in [5.41, 5.74) is 20.5. The highest BCUT2D eigenvalue weighted by molar-refractivity contribution is 5.50. The Morgan fingerprint density at radius 3 is 1.10 bits per heavy atom. The summed E-state index contributed by atoms with van der Waals surface area (Å²) in [5.74, 6) is 5.12. The van der Waals surface area contributed by atoms with Crippen molar-refractivity contribution in [2.24, 2.45) is 0 Å². The second kappa shape index (κ2) is 62.1. The van der Waals surface area contributed by atoms with Gasteiger partial charge in [-0.05, 0) is 266 Å². The number of benzene rings is 7. The van der Waals surface area contributed by atoms with Crippen molar-refractivity contribution in [2.75, 3.05) is 256 Å². The molecule has 0 atom stereocenters. The zero-order chi connectivity index (χ0) is 97.9. The van der Waals surface area contributed by atoms with Gasteiger partial charge < -0.3 is 63.2 Å². The van der Waals surface area contributed by atoms with Crippen molar-refractivity contribution in [1.29, 1.82) is 0 Å². The van der Waals surface area contributed by atoms with Crippen LogP contribution in [0.4, 0.5) is 28.7 Å². The number of anilines is 5. The monoisotopic (exact) mass is 1870 g/mol. The van der Waals surface area contributed by atoms with Gasteiger partial charge in [-0.2, -0.15) is 0 Å². The van der Waals surface area contributed by atoms with Crippen LogP contribution >= 0.6 is 0 Å². The van der Waals surface area contributed by atoms with Crippen molar-refractivity contribution in [3.63, 3.8) is 0 Å². The molecule has 0 bridgehead atoms. The first kappa shape index (κ1) is 111. The lowest BCUT2D eigenvalue weighted by molar-refractivity contribution is 0.122. The average molecular weight is 1870 g/mol. The van der Waals surface area contributed by atoms with Crippen LogP contribution in [0.1, 0.15) is 163 Å². The molecule has 8 saturated heterocycles. The lowest BCUT2D eigenvalue weighted by atomic mass is 9.89. The summed E-state index contributed by atoms with van der Waals surface area (Å²) in [4.78, 5) is 55.3. The lowest BCUT2D eigenvalue weighted by Gasteiger charge is -2.35. The molecule has 10 aromatic rings. The number of nitrogens with zero attached hydrogens (tertiary/aromatic N) is 18. The second-order valence-electron chi connectivity index (χ2n) is 38.4. The van der Waals surface area contributed by atoms with Gasteiger partial charge in [-0.15, -0.1) is 6.58 Å². The SMILES string of the molecule is C=CCN1CCN(c2ccc(C)cc2)CC1.CCN1CCC(c2ccc(C)cc2)CC1.CCN1CCN(c2ccc(C)cc2)CC1.COCCN1CCC(c2ccc(C)cc2)CC1.COc1ccc(C)cc1.Cc1ccc(N2CCOCC2)cc1.Cc1ccccc1.Cc1cnc(C2CCN(C)CC2)cn1.Cc1cnc(N2CCCN(C(C)C)CC2)cn1.Cc1cnc(N2CCN(C)CC2)cn1. The zero-order valence-electron chi connectivity index (χ0n) is 87.4. The number of aromatic nitrogens is 6. The average Bonchev–Trinajstić information content (AvgIpc) is 1.64. The van der Waals surface area contributed by atoms with Crippen molar-refractivity contribution in [3.05, 3.63) is 299 Å². The summed E-state index contributed by atoms with van der Waals surface area (Å²) in [6.45, 7) is 68.0. The van der Waals surface area contributed by atoms with E-state index in [1.54, 1.807) is 14.2 Å². The van der Waals surface area contributed by atoms with Crippen LogP contribution in [0.15, 0.2) is 226 Å². The van der Waals surface area contributed by atoms with Gasteiger partial charge in [0.15, 0.2) is 0 Å². The Hall–Kier alpha value is -10.0. The minimum Gasteiger partial charge on any atom is -0.497 e. The normalized spacial score (nSPS) is 17.4. The molecule has 21 nitrogen and oxygen atoms in total. The third-order valence-corrected chi connectivity index (χ3v) is 27.2. The van der Waals surface area contributed by atoms with Crippen LogP contribution in [-0.4, -0.2) is 302 Å². The van der Waals surface area contributed by atoms with Crippen LogP contribution in [0.3, 0.4) is 0 Å². The van der Waals surface area contributed by atoms with E-state index in [-0.39, 0.29) is 0 Å². The molecule has 0 N–H and O–H groups in total. The molecule has 0 spiro atoms. The number of piperidine rings is 3. The maximum atomic E-state index is 5.30. The van der Waals surface area contributed by atoms with Crippen LogP contribution in [0.5, 0.6) is 5.75 Å². The van der Waals surface area contributed by atoms with E-state index in [1.807, 2.05) is 106 Å². The first-order valence-electron chi connectivity index (χ1n) is 51.2. The van der Waals surface area contributed by atoms with Gasteiger partial charge in [0.1, 0.15) is 17.4 Å². The van der Waals surface area contributed by atoms with E-state index in [0.717, 1.165) is 177 Å². The Labute approximate surface area is 828 Å². The summed E-state index contributed by atoms with van der Waals surface area (Å²) < 4.78 is 15.4. The van der Waals surface area contributed by atoms with E-state index in [0.29, 0.717) is 12.0 Å². The summed E-state index contributed by atoms with van der Waals surface area (Å²) in [7, 11) is 7.78. The zero-order valence-corrected chi connectivity index (χ0v) is 87.4. The maximum Gasteiger partial charge on any atom is 0.147 e. The van der Waals surface area contributed by atoms with E-state index in [9.17, 15) is 0 Å². The fourth-order valence-electron chi connectivity index (χ4n) is 17.7. The van der Waals surface area contributed by atoms with Gasteiger partial charge in [-0.3, -0.25) is 29.7 Å². The number of piperazine rings is 3. The Kier molecular flexibility index (Phi) is 50.1. The quantitative estimate of drug-likeness (QED) is 0.0797. The summed E-state index contributed by atoms with van der Waals surface area (Å²) in [6.07, 6.45) is 22.1. The molecular weight excluding hydrogens is 1690 g/mol. The molecule has 0 unspecified atom stereocenters. The molecule has 21 heteroatoms. The van der Waals surface area contributed by atoms with Gasteiger partial charge >= 0.3 is 0 Å². The Balaban J connectivity index is 0.000000172. The fourth-order valence-corrected chi connectivity index (χ4v) is 17.7.